The summed E-state index contributed by atoms with van der Waals surface area (Å²) in [5.41, 5.74) is 6.96. The second-order valence-corrected chi connectivity index (χ2v) is 8.26. The molecule has 1 aromatic heterocycles. The molecule has 174 valence electrons. The van der Waals surface area contributed by atoms with E-state index in [1.807, 2.05) is 30.3 Å². The molecule has 9 nitrogen and oxygen atoms in total. The van der Waals surface area contributed by atoms with Crippen molar-refractivity contribution in [3.05, 3.63) is 76.2 Å². The first-order chi connectivity index (χ1) is 15.8. The standard InChI is InChI=1S/C24H30N6O3/c1-17-12-13-29(23(25)26)24(14-17,15-27-16-31)30-18(2)8-10-20(22(30)33)28-21(32)11-9-19-6-4-3-5-7-19/h3-8,10,16H,1,9,11-15H2,2H3,(H3,25,26)(H,27,31)(H,28,32). The number of benzene rings is 1. The van der Waals surface area contributed by atoms with Gasteiger partial charge in [0, 0.05) is 25.1 Å². The number of hydrogen-bond acceptors (Lipinski definition) is 4. The topological polar surface area (TPSA) is 133 Å². The average molecular weight is 451 g/mol. The summed E-state index contributed by atoms with van der Waals surface area (Å²) in [6.07, 6.45) is 2.27. The van der Waals surface area contributed by atoms with E-state index in [1.165, 1.54) is 4.57 Å². The van der Waals surface area contributed by atoms with Crippen LogP contribution in [0.2, 0.25) is 0 Å². The van der Waals surface area contributed by atoms with E-state index >= 15 is 0 Å². The molecule has 1 aromatic carbocycles. The fourth-order valence-corrected chi connectivity index (χ4v) is 4.41. The summed E-state index contributed by atoms with van der Waals surface area (Å²) in [6, 6.07) is 12.9. The zero-order valence-electron chi connectivity index (χ0n) is 18.8. The Morgan fingerprint density at radius 1 is 1.27 bits per heavy atom. The quantitative estimate of drug-likeness (QED) is 0.210. The van der Waals surface area contributed by atoms with Crippen molar-refractivity contribution in [2.45, 2.75) is 38.3 Å². The van der Waals surface area contributed by atoms with Crippen molar-refractivity contribution >= 4 is 24.0 Å². The monoisotopic (exact) mass is 450 g/mol. The Morgan fingerprint density at radius 2 is 2.00 bits per heavy atom. The zero-order valence-corrected chi connectivity index (χ0v) is 18.8. The maximum atomic E-state index is 13.6. The highest BCUT2D eigenvalue weighted by Gasteiger charge is 2.44. The fraction of sp³-hybridized carbons (Fsp3) is 0.333. The summed E-state index contributed by atoms with van der Waals surface area (Å²) in [6.45, 7) is 6.27. The molecule has 33 heavy (non-hydrogen) atoms. The van der Waals surface area contributed by atoms with Gasteiger partial charge in [-0.15, -0.1) is 0 Å². The number of nitrogens with zero attached hydrogens (tertiary/aromatic N) is 2. The minimum Gasteiger partial charge on any atom is -0.370 e. The molecule has 0 saturated carbocycles. The summed E-state index contributed by atoms with van der Waals surface area (Å²) in [4.78, 5) is 39.0. The molecule has 2 amide bonds. The predicted octanol–water partition coefficient (Wildman–Crippen LogP) is 1.67. The number of likely N-dealkylation sites (tertiary alicyclic amines) is 1. The van der Waals surface area contributed by atoms with Crippen molar-refractivity contribution in [3.8, 4) is 0 Å². The Kier molecular flexibility index (Phi) is 7.32. The van der Waals surface area contributed by atoms with Gasteiger partial charge in [-0.3, -0.25) is 24.4 Å². The Bertz CT molecular complexity index is 1110. The number of hydrogen-bond donors (Lipinski definition) is 4. The Morgan fingerprint density at radius 3 is 2.67 bits per heavy atom. The molecule has 5 N–H and O–H groups in total. The van der Waals surface area contributed by atoms with E-state index in [2.05, 4.69) is 17.2 Å². The van der Waals surface area contributed by atoms with Crippen LogP contribution < -0.4 is 21.9 Å². The van der Waals surface area contributed by atoms with Gasteiger partial charge in [-0.2, -0.15) is 0 Å². The van der Waals surface area contributed by atoms with Crippen LogP contribution in [-0.4, -0.2) is 40.8 Å². The number of guanidine groups is 1. The van der Waals surface area contributed by atoms with Crippen LogP contribution >= 0.6 is 0 Å². The van der Waals surface area contributed by atoms with Crippen molar-refractivity contribution in [2.75, 3.05) is 18.4 Å². The number of amides is 2. The van der Waals surface area contributed by atoms with Gasteiger partial charge in [0.05, 0.1) is 6.54 Å². The van der Waals surface area contributed by atoms with Crippen molar-refractivity contribution in [2.24, 2.45) is 5.73 Å². The summed E-state index contributed by atoms with van der Waals surface area (Å²) in [5.74, 6) is -0.485. The Labute approximate surface area is 192 Å². The van der Waals surface area contributed by atoms with Crippen molar-refractivity contribution in [1.82, 2.24) is 14.8 Å². The summed E-state index contributed by atoms with van der Waals surface area (Å²) in [5, 5.41) is 13.5. The molecule has 0 spiro atoms. The van der Waals surface area contributed by atoms with Gasteiger partial charge in [-0.25, -0.2) is 0 Å². The molecule has 0 aliphatic carbocycles. The van der Waals surface area contributed by atoms with E-state index in [0.717, 1.165) is 11.1 Å². The van der Waals surface area contributed by atoms with Gasteiger partial charge in [0.1, 0.15) is 11.4 Å². The number of anilines is 1. The molecule has 1 fully saturated rings. The van der Waals surface area contributed by atoms with Gasteiger partial charge in [-0.05, 0) is 37.5 Å². The number of nitrogens with one attached hydrogen (secondary N) is 3. The number of piperidine rings is 1. The number of aromatic nitrogens is 1. The largest absolute Gasteiger partial charge is 0.370 e. The van der Waals surface area contributed by atoms with Crippen LogP contribution in [0.3, 0.4) is 0 Å². The second-order valence-electron chi connectivity index (χ2n) is 8.26. The summed E-state index contributed by atoms with van der Waals surface area (Å²) in [7, 11) is 0. The van der Waals surface area contributed by atoms with E-state index in [-0.39, 0.29) is 30.5 Å². The van der Waals surface area contributed by atoms with Crippen LogP contribution in [0.25, 0.3) is 0 Å². The Balaban J connectivity index is 1.96. The van der Waals surface area contributed by atoms with Crippen molar-refractivity contribution in [3.63, 3.8) is 0 Å². The van der Waals surface area contributed by atoms with Crippen LogP contribution in [0.4, 0.5) is 5.69 Å². The lowest BCUT2D eigenvalue weighted by Crippen LogP contribution is -2.65. The molecule has 1 unspecified atom stereocenters. The van der Waals surface area contributed by atoms with E-state index < -0.39 is 11.2 Å². The molecule has 1 aliphatic heterocycles. The lowest BCUT2D eigenvalue weighted by Gasteiger charge is -2.49. The molecule has 0 radical (unpaired) electrons. The first-order valence-electron chi connectivity index (χ1n) is 10.8. The van der Waals surface area contributed by atoms with Gasteiger partial charge >= 0.3 is 0 Å². The third-order valence-corrected chi connectivity index (χ3v) is 5.94. The lowest BCUT2D eigenvalue weighted by atomic mass is 9.90. The number of pyridine rings is 1. The summed E-state index contributed by atoms with van der Waals surface area (Å²) >= 11 is 0. The van der Waals surface area contributed by atoms with Gasteiger partial charge in [-0.1, -0.05) is 42.5 Å². The predicted molar refractivity (Wildman–Crippen MR) is 128 cm³/mol. The zero-order chi connectivity index (χ0) is 24.0. The fourth-order valence-electron chi connectivity index (χ4n) is 4.41. The maximum Gasteiger partial charge on any atom is 0.276 e. The molecule has 0 bridgehead atoms. The number of nitrogens with two attached hydrogens (primary N) is 1. The lowest BCUT2D eigenvalue weighted by molar-refractivity contribution is -0.116. The molecule has 1 saturated heterocycles. The SMILES string of the molecule is C=C1CCN(C(=N)N)C(CNC=O)(n2c(C)ccc(NC(=O)CCc3ccccc3)c2=O)C1. The minimum atomic E-state index is -1.14. The molecule has 1 aliphatic rings. The smallest absolute Gasteiger partial charge is 0.276 e. The van der Waals surface area contributed by atoms with Crippen LogP contribution in [-0.2, 0) is 21.7 Å². The molecule has 2 aromatic rings. The van der Waals surface area contributed by atoms with Crippen molar-refractivity contribution in [1.29, 1.82) is 5.41 Å². The van der Waals surface area contributed by atoms with Gasteiger partial charge in [0.25, 0.3) is 5.56 Å². The second kappa shape index (κ2) is 10.2. The van der Waals surface area contributed by atoms with Crippen LogP contribution in [0.1, 0.15) is 30.5 Å². The maximum absolute atomic E-state index is 13.6. The Hall–Kier alpha value is -3.88. The third-order valence-electron chi connectivity index (χ3n) is 5.94. The molecular formula is C24H30N6O3. The molecule has 9 heteroatoms. The highest BCUT2D eigenvalue weighted by molar-refractivity contribution is 5.90. The van der Waals surface area contributed by atoms with E-state index in [0.29, 0.717) is 37.9 Å². The summed E-state index contributed by atoms with van der Waals surface area (Å²) < 4.78 is 1.50. The van der Waals surface area contributed by atoms with Crippen LogP contribution in [0.5, 0.6) is 0 Å². The first-order valence-corrected chi connectivity index (χ1v) is 10.8. The number of carbonyl (C=O) groups is 2. The van der Waals surface area contributed by atoms with Crippen LogP contribution in [0.15, 0.2) is 59.4 Å². The molecule has 1 atom stereocenters. The van der Waals surface area contributed by atoms with E-state index in [4.69, 9.17) is 11.1 Å². The van der Waals surface area contributed by atoms with Gasteiger partial charge in [0.15, 0.2) is 5.96 Å². The highest BCUT2D eigenvalue weighted by Crippen LogP contribution is 2.35. The average Bonchev–Trinajstić information content (AvgIpc) is 2.79. The number of rotatable bonds is 8. The number of carbonyl (C=O) groups excluding carboxylic acids is 2. The minimum absolute atomic E-state index is 0.0429. The number of aryl methyl sites for hydroxylation is 2. The van der Waals surface area contributed by atoms with Crippen LogP contribution in [0, 0.1) is 12.3 Å². The first kappa shape index (κ1) is 23.8. The molecule has 3 rings (SSSR count). The van der Waals surface area contributed by atoms with E-state index in [1.54, 1.807) is 24.0 Å². The highest BCUT2D eigenvalue weighted by atomic mass is 16.2. The van der Waals surface area contributed by atoms with Crippen molar-refractivity contribution < 1.29 is 9.59 Å². The molecular weight excluding hydrogens is 420 g/mol. The van der Waals surface area contributed by atoms with Gasteiger partial charge in [0.2, 0.25) is 12.3 Å². The van der Waals surface area contributed by atoms with E-state index in [9.17, 15) is 14.4 Å². The molecule has 2 heterocycles. The third kappa shape index (κ3) is 5.14. The van der Waals surface area contributed by atoms with Gasteiger partial charge < -0.3 is 21.3 Å². The normalized spacial score (nSPS) is 18.0.